The molecule has 0 fully saturated rings. The van der Waals surface area contributed by atoms with Crippen LogP contribution in [0.4, 0.5) is 5.69 Å². The lowest BCUT2D eigenvalue weighted by Gasteiger charge is -2.09. The molecule has 1 aromatic heterocycles. The summed E-state index contributed by atoms with van der Waals surface area (Å²) in [6, 6.07) is 6.16. The van der Waals surface area contributed by atoms with Gasteiger partial charge in [0.15, 0.2) is 0 Å². The maximum absolute atomic E-state index is 12.1. The monoisotopic (exact) mass is 301 g/mol. The smallest absolute Gasteiger partial charge is 0.244 e. The fourth-order valence-electron chi connectivity index (χ4n) is 1.55. The Morgan fingerprint density at radius 1 is 1.47 bits per heavy atom. The van der Waals surface area contributed by atoms with Crippen LogP contribution >= 0.6 is 11.6 Å². The Hall–Kier alpha value is -1.57. The second-order valence-corrected chi connectivity index (χ2v) is 6.02. The molecule has 0 saturated carbocycles. The number of hydrogen-bond donors (Lipinski definition) is 2. The minimum absolute atomic E-state index is 0.00430. The summed E-state index contributed by atoms with van der Waals surface area (Å²) in [6.07, 6.45) is 0. The van der Waals surface area contributed by atoms with Gasteiger partial charge in [0, 0.05) is 6.07 Å². The van der Waals surface area contributed by atoms with Gasteiger partial charge in [-0.2, -0.15) is 0 Å². The Morgan fingerprint density at radius 3 is 2.79 bits per heavy atom. The Bertz CT molecular complexity index is 677. The SMILES string of the molecule is Cc1cc(CNS(=O)(=O)c2c(N)cccc2Cl)no1. The van der Waals surface area contributed by atoms with Crippen LogP contribution in [0.25, 0.3) is 0 Å². The van der Waals surface area contributed by atoms with E-state index in [2.05, 4.69) is 9.88 Å². The van der Waals surface area contributed by atoms with Crippen molar-refractivity contribution in [1.29, 1.82) is 0 Å². The lowest BCUT2D eigenvalue weighted by atomic mass is 10.3. The van der Waals surface area contributed by atoms with Gasteiger partial charge in [0.2, 0.25) is 10.0 Å². The van der Waals surface area contributed by atoms with Crippen molar-refractivity contribution in [3.8, 4) is 0 Å². The molecule has 8 heteroatoms. The van der Waals surface area contributed by atoms with Crippen LogP contribution in [0.3, 0.4) is 0 Å². The lowest BCUT2D eigenvalue weighted by molar-refractivity contribution is 0.390. The van der Waals surface area contributed by atoms with E-state index < -0.39 is 10.0 Å². The van der Waals surface area contributed by atoms with Crippen molar-refractivity contribution in [3.63, 3.8) is 0 Å². The molecule has 0 spiro atoms. The minimum Gasteiger partial charge on any atom is -0.398 e. The van der Waals surface area contributed by atoms with Gasteiger partial charge in [0.25, 0.3) is 0 Å². The predicted molar refractivity (Wildman–Crippen MR) is 71.1 cm³/mol. The number of rotatable bonds is 4. The van der Waals surface area contributed by atoms with Crippen molar-refractivity contribution >= 4 is 27.3 Å². The van der Waals surface area contributed by atoms with E-state index in [0.717, 1.165) is 0 Å². The number of aryl methyl sites for hydroxylation is 1. The molecule has 102 valence electrons. The second-order valence-electron chi connectivity index (χ2n) is 3.91. The standard InChI is InChI=1S/C11H12ClN3O3S/c1-7-5-8(15-18-7)6-14-19(16,17)11-9(12)3-2-4-10(11)13/h2-5,14H,6,13H2,1H3. The van der Waals surface area contributed by atoms with Gasteiger partial charge in [0.05, 0.1) is 22.9 Å². The molecular weight excluding hydrogens is 290 g/mol. The summed E-state index contributed by atoms with van der Waals surface area (Å²) in [6.45, 7) is 1.72. The average Bonchev–Trinajstić information content (AvgIpc) is 2.72. The first-order chi connectivity index (χ1) is 8.90. The molecule has 0 bridgehead atoms. The highest BCUT2D eigenvalue weighted by atomic mass is 35.5. The van der Waals surface area contributed by atoms with Crippen LogP contribution in [0.1, 0.15) is 11.5 Å². The first-order valence-corrected chi connectivity index (χ1v) is 7.22. The van der Waals surface area contributed by atoms with E-state index >= 15 is 0 Å². The van der Waals surface area contributed by atoms with Crippen molar-refractivity contribution < 1.29 is 12.9 Å². The normalized spacial score (nSPS) is 11.7. The summed E-state index contributed by atoms with van der Waals surface area (Å²) < 4.78 is 31.5. The molecule has 0 atom stereocenters. The molecule has 0 aliphatic rings. The van der Waals surface area contributed by atoms with Crippen molar-refractivity contribution in [2.24, 2.45) is 0 Å². The van der Waals surface area contributed by atoms with Gasteiger partial charge in [-0.05, 0) is 19.1 Å². The molecule has 0 saturated heterocycles. The summed E-state index contributed by atoms with van der Waals surface area (Å²) in [4.78, 5) is -0.128. The Labute approximate surface area is 115 Å². The van der Waals surface area contributed by atoms with Crippen molar-refractivity contribution in [2.45, 2.75) is 18.4 Å². The second kappa shape index (κ2) is 5.20. The van der Waals surface area contributed by atoms with Crippen LogP contribution in [-0.4, -0.2) is 13.6 Å². The summed E-state index contributed by atoms with van der Waals surface area (Å²) in [5.74, 6) is 0.603. The minimum atomic E-state index is -3.80. The Morgan fingerprint density at radius 2 is 2.21 bits per heavy atom. The number of nitrogen functional groups attached to an aromatic ring is 1. The van der Waals surface area contributed by atoms with E-state index in [4.69, 9.17) is 21.9 Å². The highest BCUT2D eigenvalue weighted by Gasteiger charge is 2.21. The first kappa shape index (κ1) is 13.9. The Kier molecular flexibility index (Phi) is 3.79. The third-order valence-corrected chi connectivity index (χ3v) is 4.33. The topological polar surface area (TPSA) is 98.2 Å². The number of halogens is 1. The molecule has 3 N–H and O–H groups in total. The fraction of sp³-hybridized carbons (Fsp3) is 0.182. The highest BCUT2D eigenvalue weighted by molar-refractivity contribution is 7.89. The third kappa shape index (κ3) is 3.06. The van der Waals surface area contributed by atoms with Gasteiger partial charge >= 0.3 is 0 Å². The largest absolute Gasteiger partial charge is 0.398 e. The van der Waals surface area contributed by atoms with Gasteiger partial charge < -0.3 is 10.3 Å². The zero-order valence-corrected chi connectivity index (χ0v) is 11.6. The third-order valence-electron chi connectivity index (χ3n) is 2.39. The van der Waals surface area contributed by atoms with Crippen LogP contribution < -0.4 is 10.5 Å². The molecule has 6 nitrogen and oxygen atoms in total. The molecule has 0 amide bonds. The number of nitrogens with zero attached hydrogens (tertiary/aromatic N) is 1. The molecule has 2 rings (SSSR count). The average molecular weight is 302 g/mol. The number of nitrogens with two attached hydrogens (primary N) is 1. The molecule has 1 aromatic carbocycles. The van der Waals surface area contributed by atoms with Crippen LogP contribution in [-0.2, 0) is 16.6 Å². The number of benzene rings is 1. The summed E-state index contributed by atoms with van der Waals surface area (Å²) in [7, 11) is -3.80. The fourth-order valence-corrected chi connectivity index (χ4v) is 3.22. The van der Waals surface area contributed by atoms with E-state index in [1.807, 2.05) is 0 Å². The predicted octanol–water partition coefficient (Wildman–Crippen LogP) is 1.70. The van der Waals surface area contributed by atoms with Crippen LogP contribution in [0, 0.1) is 6.92 Å². The van der Waals surface area contributed by atoms with E-state index in [-0.39, 0.29) is 22.2 Å². The van der Waals surface area contributed by atoms with Gasteiger partial charge in [-0.3, -0.25) is 0 Å². The maximum Gasteiger partial charge on any atom is 0.244 e. The molecule has 0 aliphatic carbocycles. The number of aromatic nitrogens is 1. The number of nitrogens with one attached hydrogen (secondary N) is 1. The van der Waals surface area contributed by atoms with Gasteiger partial charge in [-0.15, -0.1) is 0 Å². The van der Waals surface area contributed by atoms with Gasteiger partial charge in [0.1, 0.15) is 10.7 Å². The molecular formula is C11H12ClN3O3S. The van der Waals surface area contributed by atoms with Crippen molar-refractivity contribution in [2.75, 3.05) is 5.73 Å². The molecule has 0 radical (unpaired) electrons. The van der Waals surface area contributed by atoms with E-state index in [1.54, 1.807) is 19.1 Å². The highest BCUT2D eigenvalue weighted by Crippen LogP contribution is 2.26. The molecule has 0 unspecified atom stereocenters. The summed E-state index contributed by atoms with van der Waals surface area (Å²) in [5.41, 5.74) is 6.22. The summed E-state index contributed by atoms with van der Waals surface area (Å²) >= 11 is 5.87. The van der Waals surface area contributed by atoms with Crippen LogP contribution in [0.2, 0.25) is 5.02 Å². The van der Waals surface area contributed by atoms with E-state index in [9.17, 15) is 8.42 Å². The zero-order chi connectivity index (χ0) is 14.0. The van der Waals surface area contributed by atoms with Crippen LogP contribution in [0.15, 0.2) is 33.7 Å². The molecule has 2 aromatic rings. The Balaban J connectivity index is 2.23. The number of sulfonamides is 1. The van der Waals surface area contributed by atoms with Crippen molar-refractivity contribution in [3.05, 3.63) is 40.7 Å². The molecule has 1 heterocycles. The maximum atomic E-state index is 12.1. The summed E-state index contributed by atoms with van der Waals surface area (Å²) in [5, 5.41) is 3.76. The van der Waals surface area contributed by atoms with Gasteiger partial charge in [-0.1, -0.05) is 22.8 Å². The lowest BCUT2D eigenvalue weighted by Crippen LogP contribution is -2.24. The molecule has 0 aliphatic heterocycles. The van der Waals surface area contributed by atoms with Gasteiger partial charge in [-0.25, -0.2) is 13.1 Å². The van der Waals surface area contributed by atoms with Crippen molar-refractivity contribution in [1.82, 2.24) is 9.88 Å². The number of hydrogen-bond acceptors (Lipinski definition) is 5. The van der Waals surface area contributed by atoms with E-state index in [0.29, 0.717) is 11.5 Å². The molecule has 19 heavy (non-hydrogen) atoms. The zero-order valence-electron chi connectivity index (χ0n) is 10.1. The van der Waals surface area contributed by atoms with E-state index in [1.165, 1.54) is 12.1 Å². The van der Waals surface area contributed by atoms with Crippen LogP contribution in [0.5, 0.6) is 0 Å². The quantitative estimate of drug-likeness (QED) is 0.837. The number of anilines is 1. The first-order valence-electron chi connectivity index (χ1n) is 5.36.